The van der Waals surface area contributed by atoms with Crippen LogP contribution < -0.4 is 5.32 Å². The molecule has 4 heteroatoms. The van der Waals surface area contributed by atoms with E-state index in [0.717, 1.165) is 25.3 Å². The van der Waals surface area contributed by atoms with Crippen molar-refractivity contribution in [1.29, 1.82) is 0 Å². The summed E-state index contributed by atoms with van der Waals surface area (Å²) in [5.41, 5.74) is 3.07. The van der Waals surface area contributed by atoms with Crippen LogP contribution in [0.3, 0.4) is 0 Å². The fourth-order valence-electron chi connectivity index (χ4n) is 1.69. The Balaban J connectivity index is 2.11. The Labute approximate surface area is 102 Å². The zero-order chi connectivity index (χ0) is 11.8. The lowest BCUT2D eigenvalue weighted by molar-refractivity contribution is 0.192. The van der Waals surface area contributed by atoms with Crippen molar-refractivity contribution in [2.45, 2.75) is 39.2 Å². The minimum atomic E-state index is 0.426. The van der Waals surface area contributed by atoms with Gasteiger partial charge < -0.3 is 10.1 Å². The maximum Gasteiger partial charge on any atom is 0.0798 e. The van der Waals surface area contributed by atoms with E-state index in [0.29, 0.717) is 6.04 Å². The smallest absolute Gasteiger partial charge is 0.0798 e. The number of unbranched alkanes of at least 4 members (excludes halogenated alkanes) is 2. The van der Waals surface area contributed by atoms with Gasteiger partial charge in [0.05, 0.1) is 11.2 Å². The van der Waals surface area contributed by atoms with E-state index in [-0.39, 0.29) is 0 Å². The first-order valence-electron chi connectivity index (χ1n) is 5.88. The number of nitrogens with zero attached hydrogens (tertiary/aromatic N) is 1. The van der Waals surface area contributed by atoms with Gasteiger partial charge in [0, 0.05) is 24.6 Å². The molecule has 16 heavy (non-hydrogen) atoms. The van der Waals surface area contributed by atoms with Crippen molar-refractivity contribution in [2.24, 2.45) is 0 Å². The van der Waals surface area contributed by atoms with Gasteiger partial charge in [0.2, 0.25) is 0 Å². The monoisotopic (exact) mass is 242 g/mol. The number of methoxy groups -OCH3 is 1. The van der Waals surface area contributed by atoms with Crippen molar-refractivity contribution in [1.82, 2.24) is 10.3 Å². The maximum absolute atomic E-state index is 5.02. The molecule has 1 rings (SSSR count). The third-order valence-electron chi connectivity index (χ3n) is 2.65. The number of ether oxygens (including phenoxy) is 1. The lowest BCUT2D eigenvalue weighted by Crippen LogP contribution is -2.19. The van der Waals surface area contributed by atoms with E-state index in [1.54, 1.807) is 18.4 Å². The van der Waals surface area contributed by atoms with E-state index in [4.69, 9.17) is 4.74 Å². The summed E-state index contributed by atoms with van der Waals surface area (Å²) in [4.78, 5) is 5.63. The maximum atomic E-state index is 5.02. The summed E-state index contributed by atoms with van der Waals surface area (Å²) in [6.45, 7) is 6.23. The molecule has 1 unspecified atom stereocenters. The molecule has 0 saturated heterocycles. The summed E-state index contributed by atoms with van der Waals surface area (Å²) in [5, 5.41) is 3.53. The molecule has 0 saturated carbocycles. The number of rotatable bonds is 8. The fourth-order valence-corrected chi connectivity index (χ4v) is 2.52. The van der Waals surface area contributed by atoms with E-state index < -0.39 is 0 Å². The van der Waals surface area contributed by atoms with Crippen molar-refractivity contribution >= 4 is 11.3 Å². The second-order valence-electron chi connectivity index (χ2n) is 4.03. The molecule has 0 aliphatic rings. The van der Waals surface area contributed by atoms with E-state index in [1.165, 1.54) is 17.7 Å². The largest absolute Gasteiger partial charge is 0.385 e. The van der Waals surface area contributed by atoms with Crippen molar-refractivity contribution < 1.29 is 4.74 Å². The molecule has 1 heterocycles. The molecule has 1 aromatic rings. The molecule has 0 amide bonds. The van der Waals surface area contributed by atoms with Crippen molar-refractivity contribution in [3.63, 3.8) is 0 Å². The molecule has 1 atom stereocenters. The average molecular weight is 242 g/mol. The van der Waals surface area contributed by atoms with Crippen LogP contribution in [0.15, 0.2) is 5.51 Å². The third kappa shape index (κ3) is 4.60. The third-order valence-corrected chi connectivity index (χ3v) is 3.77. The van der Waals surface area contributed by atoms with Crippen LogP contribution in [0.4, 0.5) is 0 Å². The van der Waals surface area contributed by atoms with Crippen LogP contribution in [-0.4, -0.2) is 25.2 Å². The molecule has 0 bridgehead atoms. The molecule has 0 radical (unpaired) electrons. The molecule has 92 valence electrons. The van der Waals surface area contributed by atoms with E-state index in [9.17, 15) is 0 Å². The summed E-state index contributed by atoms with van der Waals surface area (Å²) in [5.74, 6) is 0. The van der Waals surface area contributed by atoms with Gasteiger partial charge in [-0.15, -0.1) is 11.3 Å². The highest BCUT2D eigenvalue weighted by molar-refractivity contribution is 7.09. The number of aromatic nitrogens is 1. The van der Waals surface area contributed by atoms with Gasteiger partial charge in [-0.1, -0.05) is 0 Å². The molecule has 0 aliphatic carbocycles. The van der Waals surface area contributed by atoms with Gasteiger partial charge in [-0.2, -0.15) is 0 Å². The lowest BCUT2D eigenvalue weighted by Gasteiger charge is -2.12. The van der Waals surface area contributed by atoms with E-state index >= 15 is 0 Å². The standard InChI is InChI=1S/C12H22N2OS/c1-10(12-11(2)14-9-16-12)13-7-5-4-6-8-15-3/h9-10,13H,4-8H2,1-3H3. The van der Waals surface area contributed by atoms with Crippen LogP contribution in [0.5, 0.6) is 0 Å². The zero-order valence-corrected chi connectivity index (χ0v) is 11.3. The van der Waals surface area contributed by atoms with Crippen molar-refractivity contribution in [2.75, 3.05) is 20.3 Å². The fraction of sp³-hybridized carbons (Fsp3) is 0.750. The first kappa shape index (κ1) is 13.6. The van der Waals surface area contributed by atoms with Gasteiger partial charge in [-0.3, -0.25) is 0 Å². The summed E-state index contributed by atoms with van der Waals surface area (Å²) >= 11 is 1.74. The highest BCUT2D eigenvalue weighted by Gasteiger charge is 2.09. The highest BCUT2D eigenvalue weighted by Crippen LogP contribution is 2.20. The number of nitrogens with one attached hydrogen (secondary N) is 1. The first-order chi connectivity index (χ1) is 7.75. The van der Waals surface area contributed by atoms with Gasteiger partial charge in [0.15, 0.2) is 0 Å². The van der Waals surface area contributed by atoms with Gasteiger partial charge in [-0.05, 0) is 39.7 Å². The Morgan fingerprint density at radius 2 is 2.25 bits per heavy atom. The summed E-state index contributed by atoms with van der Waals surface area (Å²) in [6, 6.07) is 0.426. The molecule has 0 spiro atoms. The normalized spacial score (nSPS) is 12.9. The van der Waals surface area contributed by atoms with Crippen molar-refractivity contribution in [3.05, 3.63) is 16.1 Å². The Morgan fingerprint density at radius 1 is 1.44 bits per heavy atom. The van der Waals surface area contributed by atoms with Crippen LogP contribution in [0.2, 0.25) is 0 Å². The summed E-state index contributed by atoms with van der Waals surface area (Å²) < 4.78 is 5.02. The Bertz CT molecular complexity index is 288. The molecule has 0 aliphatic heterocycles. The van der Waals surface area contributed by atoms with Crippen LogP contribution >= 0.6 is 11.3 Å². The van der Waals surface area contributed by atoms with Gasteiger partial charge in [0.25, 0.3) is 0 Å². The lowest BCUT2D eigenvalue weighted by atomic mass is 10.2. The summed E-state index contributed by atoms with van der Waals surface area (Å²) in [7, 11) is 1.76. The molecule has 0 fully saturated rings. The predicted molar refractivity (Wildman–Crippen MR) is 69.0 cm³/mol. The Morgan fingerprint density at radius 3 is 2.88 bits per heavy atom. The average Bonchev–Trinajstić information content (AvgIpc) is 2.69. The number of hydrogen-bond donors (Lipinski definition) is 1. The topological polar surface area (TPSA) is 34.1 Å². The quantitative estimate of drug-likeness (QED) is 0.712. The minimum Gasteiger partial charge on any atom is -0.385 e. The predicted octanol–water partition coefficient (Wildman–Crippen LogP) is 2.92. The Hall–Kier alpha value is -0.450. The van der Waals surface area contributed by atoms with Crippen LogP contribution in [0, 0.1) is 6.92 Å². The van der Waals surface area contributed by atoms with Crippen molar-refractivity contribution in [3.8, 4) is 0 Å². The van der Waals surface area contributed by atoms with Gasteiger partial charge in [0.1, 0.15) is 0 Å². The number of aryl methyl sites for hydroxylation is 1. The van der Waals surface area contributed by atoms with Gasteiger partial charge >= 0.3 is 0 Å². The number of hydrogen-bond acceptors (Lipinski definition) is 4. The molecule has 1 N–H and O–H groups in total. The zero-order valence-electron chi connectivity index (χ0n) is 10.5. The minimum absolute atomic E-state index is 0.426. The molecule has 0 aromatic carbocycles. The van der Waals surface area contributed by atoms with Crippen LogP contribution in [0.25, 0.3) is 0 Å². The Kier molecular flexibility index (Phi) is 6.61. The molecular formula is C12H22N2OS. The van der Waals surface area contributed by atoms with Gasteiger partial charge in [-0.25, -0.2) is 4.98 Å². The van der Waals surface area contributed by atoms with E-state index in [2.05, 4.69) is 24.1 Å². The SMILES string of the molecule is COCCCCCNC(C)c1scnc1C. The number of thiazole rings is 1. The second-order valence-corrected chi connectivity index (χ2v) is 4.92. The summed E-state index contributed by atoms with van der Waals surface area (Å²) in [6.07, 6.45) is 3.60. The van der Waals surface area contributed by atoms with E-state index in [1.807, 2.05) is 5.51 Å². The first-order valence-corrected chi connectivity index (χ1v) is 6.76. The molecule has 3 nitrogen and oxygen atoms in total. The van der Waals surface area contributed by atoms with Crippen LogP contribution in [-0.2, 0) is 4.74 Å². The molecule has 1 aromatic heterocycles. The van der Waals surface area contributed by atoms with Crippen LogP contribution in [0.1, 0.15) is 42.8 Å². The highest BCUT2D eigenvalue weighted by atomic mass is 32.1. The molecular weight excluding hydrogens is 220 g/mol. The second kappa shape index (κ2) is 7.76.